The van der Waals surface area contributed by atoms with Gasteiger partial charge in [-0.15, -0.1) is 0 Å². The number of nitrogens with zero attached hydrogens (tertiary/aromatic N) is 1. The lowest BCUT2D eigenvalue weighted by Gasteiger charge is -2.23. The van der Waals surface area contributed by atoms with E-state index >= 15 is 0 Å². The molecule has 2 aromatic rings. The van der Waals surface area contributed by atoms with Crippen LogP contribution in [0.5, 0.6) is 0 Å². The maximum absolute atomic E-state index is 10.3. The average Bonchev–Trinajstić information content (AvgIpc) is 3.21. The van der Waals surface area contributed by atoms with Crippen molar-refractivity contribution in [1.29, 1.82) is 0 Å². The number of thiophene rings is 1. The van der Waals surface area contributed by atoms with E-state index in [4.69, 9.17) is 0 Å². The van der Waals surface area contributed by atoms with E-state index in [9.17, 15) is 5.11 Å². The topological polar surface area (TPSA) is 23.5 Å². The Morgan fingerprint density at radius 3 is 2.65 bits per heavy atom. The van der Waals surface area contributed by atoms with Crippen LogP contribution in [0.4, 0.5) is 0 Å². The third-order valence-corrected chi connectivity index (χ3v) is 4.64. The van der Waals surface area contributed by atoms with Gasteiger partial charge in [-0.25, -0.2) is 0 Å². The van der Waals surface area contributed by atoms with Crippen molar-refractivity contribution < 1.29 is 5.11 Å². The normalized spacial score (nSPS) is 16.5. The molecule has 3 rings (SSSR count). The first kappa shape index (κ1) is 13.8. The van der Waals surface area contributed by atoms with E-state index in [-0.39, 0.29) is 6.10 Å². The Labute approximate surface area is 124 Å². The van der Waals surface area contributed by atoms with Crippen LogP contribution < -0.4 is 0 Å². The van der Waals surface area contributed by atoms with Crippen molar-refractivity contribution in [3.05, 3.63) is 58.3 Å². The van der Waals surface area contributed by atoms with Gasteiger partial charge in [0.05, 0.1) is 6.10 Å². The second-order valence-corrected chi connectivity index (χ2v) is 6.33. The van der Waals surface area contributed by atoms with Crippen LogP contribution in [-0.4, -0.2) is 22.6 Å². The maximum atomic E-state index is 10.3. The smallest absolute Gasteiger partial charge is 0.0802 e. The summed E-state index contributed by atoms with van der Waals surface area (Å²) >= 11 is 1.76. The molecule has 1 unspecified atom stereocenters. The standard InChI is InChI=1S/C17H21NOS/c19-17(15-4-2-1-3-5-15)8-10-18(16-6-7-16)12-14-9-11-20-13-14/h1-5,9,11,13,16-17,19H,6-8,10,12H2. The number of hydrogen-bond donors (Lipinski definition) is 1. The summed E-state index contributed by atoms with van der Waals surface area (Å²) in [5.74, 6) is 0. The van der Waals surface area contributed by atoms with Gasteiger partial charge < -0.3 is 5.11 Å². The Bertz CT molecular complexity index is 507. The highest BCUT2D eigenvalue weighted by atomic mass is 32.1. The van der Waals surface area contributed by atoms with Gasteiger partial charge >= 0.3 is 0 Å². The summed E-state index contributed by atoms with van der Waals surface area (Å²) in [7, 11) is 0. The zero-order valence-corrected chi connectivity index (χ0v) is 12.4. The average molecular weight is 287 g/mol. The van der Waals surface area contributed by atoms with E-state index in [0.717, 1.165) is 31.1 Å². The van der Waals surface area contributed by atoms with Crippen LogP contribution in [0.3, 0.4) is 0 Å². The summed E-state index contributed by atoms with van der Waals surface area (Å²) in [5.41, 5.74) is 2.43. The molecule has 1 atom stereocenters. The molecule has 20 heavy (non-hydrogen) atoms. The molecule has 1 heterocycles. The number of aliphatic hydroxyl groups excluding tert-OH is 1. The summed E-state index contributed by atoms with van der Waals surface area (Å²) in [6.45, 7) is 1.99. The zero-order chi connectivity index (χ0) is 13.8. The van der Waals surface area contributed by atoms with Crippen LogP contribution in [0, 0.1) is 0 Å². The monoisotopic (exact) mass is 287 g/mol. The van der Waals surface area contributed by atoms with Gasteiger partial charge in [0.25, 0.3) is 0 Å². The van der Waals surface area contributed by atoms with Gasteiger partial charge in [0.15, 0.2) is 0 Å². The Morgan fingerprint density at radius 2 is 2.00 bits per heavy atom. The summed E-state index contributed by atoms with van der Waals surface area (Å²) in [6, 6.07) is 12.9. The molecule has 1 aromatic carbocycles. The lowest BCUT2D eigenvalue weighted by Crippen LogP contribution is -2.27. The molecule has 3 heteroatoms. The second-order valence-electron chi connectivity index (χ2n) is 5.55. The maximum Gasteiger partial charge on any atom is 0.0802 e. The summed E-state index contributed by atoms with van der Waals surface area (Å²) in [5, 5.41) is 14.6. The third-order valence-electron chi connectivity index (χ3n) is 3.90. The van der Waals surface area contributed by atoms with Crippen molar-refractivity contribution >= 4 is 11.3 Å². The molecular formula is C17H21NOS. The molecule has 0 saturated heterocycles. The highest BCUT2D eigenvalue weighted by Gasteiger charge is 2.29. The second kappa shape index (κ2) is 6.53. The van der Waals surface area contributed by atoms with Gasteiger partial charge in [0.1, 0.15) is 0 Å². The molecule has 1 aromatic heterocycles. The number of benzene rings is 1. The van der Waals surface area contributed by atoms with Gasteiger partial charge in [-0.1, -0.05) is 30.3 Å². The van der Waals surface area contributed by atoms with Crippen LogP contribution in [0.1, 0.15) is 36.5 Å². The van der Waals surface area contributed by atoms with E-state index < -0.39 is 0 Å². The minimum atomic E-state index is -0.347. The molecule has 1 aliphatic rings. The number of aliphatic hydroxyl groups is 1. The predicted octanol–water partition coefficient (Wildman–Crippen LogP) is 3.84. The molecule has 1 saturated carbocycles. The Hall–Kier alpha value is -1.16. The molecular weight excluding hydrogens is 266 g/mol. The highest BCUT2D eigenvalue weighted by Crippen LogP contribution is 2.30. The zero-order valence-electron chi connectivity index (χ0n) is 11.6. The van der Waals surface area contributed by atoms with Crippen LogP contribution >= 0.6 is 11.3 Å². The van der Waals surface area contributed by atoms with E-state index in [1.807, 2.05) is 30.3 Å². The summed E-state index contributed by atoms with van der Waals surface area (Å²) in [4.78, 5) is 2.52. The lowest BCUT2D eigenvalue weighted by molar-refractivity contribution is 0.137. The van der Waals surface area contributed by atoms with Crippen LogP contribution in [0.25, 0.3) is 0 Å². The van der Waals surface area contributed by atoms with E-state index in [2.05, 4.69) is 21.7 Å². The number of hydrogen-bond acceptors (Lipinski definition) is 3. The van der Waals surface area contributed by atoms with Crippen LogP contribution in [0.2, 0.25) is 0 Å². The van der Waals surface area contributed by atoms with Crippen molar-refractivity contribution in [3.63, 3.8) is 0 Å². The van der Waals surface area contributed by atoms with E-state index in [1.54, 1.807) is 11.3 Å². The first-order chi connectivity index (χ1) is 9.83. The van der Waals surface area contributed by atoms with Gasteiger partial charge in [0.2, 0.25) is 0 Å². The molecule has 0 radical (unpaired) electrons. The molecule has 1 aliphatic carbocycles. The van der Waals surface area contributed by atoms with Crippen molar-refractivity contribution in [3.8, 4) is 0 Å². The summed E-state index contributed by atoms with van der Waals surface area (Å²) in [6.07, 6.45) is 3.09. The highest BCUT2D eigenvalue weighted by molar-refractivity contribution is 7.07. The minimum absolute atomic E-state index is 0.347. The van der Waals surface area contributed by atoms with Crippen molar-refractivity contribution in [2.75, 3.05) is 6.54 Å². The Kier molecular flexibility index (Phi) is 4.51. The van der Waals surface area contributed by atoms with E-state index in [1.165, 1.54) is 18.4 Å². The lowest BCUT2D eigenvalue weighted by atomic mass is 10.1. The largest absolute Gasteiger partial charge is 0.388 e. The van der Waals surface area contributed by atoms with Crippen molar-refractivity contribution in [2.24, 2.45) is 0 Å². The Balaban J connectivity index is 1.54. The van der Waals surface area contributed by atoms with E-state index in [0.29, 0.717) is 0 Å². The summed E-state index contributed by atoms with van der Waals surface area (Å²) < 4.78 is 0. The fraction of sp³-hybridized carbons (Fsp3) is 0.412. The molecule has 0 aliphatic heterocycles. The quantitative estimate of drug-likeness (QED) is 0.836. The van der Waals surface area contributed by atoms with Crippen LogP contribution in [-0.2, 0) is 6.54 Å². The fourth-order valence-electron chi connectivity index (χ4n) is 2.58. The number of rotatable bonds is 7. The first-order valence-corrected chi connectivity index (χ1v) is 8.25. The molecule has 0 bridgehead atoms. The van der Waals surface area contributed by atoms with Gasteiger partial charge in [-0.2, -0.15) is 11.3 Å². The third kappa shape index (κ3) is 3.69. The minimum Gasteiger partial charge on any atom is -0.388 e. The van der Waals surface area contributed by atoms with Gasteiger partial charge in [-0.3, -0.25) is 4.90 Å². The molecule has 1 fully saturated rings. The van der Waals surface area contributed by atoms with Crippen molar-refractivity contribution in [2.45, 2.75) is 38.0 Å². The van der Waals surface area contributed by atoms with Gasteiger partial charge in [-0.05, 0) is 47.2 Å². The fourth-order valence-corrected chi connectivity index (χ4v) is 3.24. The Morgan fingerprint density at radius 1 is 1.20 bits per heavy atom. The van der Waals surface area contributed by atoms with Gasteiger partial charge in [0, 0.05) is 19.1 Å². The molecule has 0 spiro atoms. The predicted molar refractivity (Wildman–Crippen MR) is 83.8 cm³/mol. The molecule has 1 N–H and O–H groups in total. The first-order valence-electron chi connectivity index (χ1n) is 7.31. The molecule has 106 valence electrons. The van der Waals surface area contributed by atoms with Crippen molar-refractivity contribution in [1.82, 2.24) is 4.90 Å². The molecule has 2 nitrogen and oxygen atoms in total. The SMILES string of the molecule is OC(CCN(Cc1ccsc1)C1CC1)c1ccccc1. The van der Waals surface area contributed by atoms with Crippen LogP contribution in [0.15, 0.2) is 47.2 Å². The molecule has 0 amide bonds.